The average Bonchev–Trinajstić information content (AvgIpc) is 3.28. The first kappa shape index (κ1) is 22.3. The van der Waals surface area contributed by atoms with Gasteiger partial charge in [-0.2, -0.15) is 0 Å². The minimum absolute atomic E-state index is 0.294. The van der Waals surface area contributed by atoms with Crippen molar-refractivity contribution in [1.82, 2.24) is 15.5 Å². The van der Waals surface area contributed by atoms with Crippen LogP contribution in [0.1, 0.15) is 21.5 Å². The molecule has 4 aromatic rings. The molecular formula is C25H21FN4O2S. The fraction of sp³-hybridized carbons (Fsp3) is 0.120. The second-order valence-electron chi connectivity index (χ2n) is 7.44. The number of nitrogens with zero attached hydrogens (tertiary/aromatic N) is 2. The van der Waals surface area contributed by atoms with Crippen molar-refractivity contribution in [2.45, 2.75) is 19.4 Å². The van der Waals surface area contributed by atoms with Gasteiger partial charge in [0.25, 0.3) is 5.91 Å². The lowest BCUT2D eigenvalue weighted by molar-refractivity contribution is -0.118. The second-order valence-corrected chi connectivity index (χ2v) is 8.42. The Morgan fingerprint density at radius 2 is 1.64 bits per heavy atom. The number of rotatable bonds is 7. The highest BCUT2D eigenvalue weighted by Crippen LogP contribution is 2.26. The summed E-state index contributed by atoms with van der Waals surface area (Å²) < 4.78 is 13.2. The van der Waals surface area contributed by atoms with Gasteiger partial charge in [0.05, 0.1) is 0 Å². The Morgan fingerprint density at radius 1 is 0.939 bits per heavy atom. The molecule has 0 saturated carbocycles. The van der Waals surface area contributed by atoms with Gasteiger partial charge in [0, 0.05) is 17.5 Å². The second kappa shape index (κ2) is 10.1. The number of anilines is 1. The van der Waals surface area contributed by atoms with Gasteiger partial charge in [-0.05, 0) is 48.4 Å². The van der Waals surface area contributed by atoms with E-state index in [-0.39, 0.29) is 11.7 Å². The first-order valence-electron chi connectivity index (χ1n) is 10.3. The largest absolute Gasteiger partial charge is 0.340 e. The number of carbonyl (C=O) groups is 2. The van der Waals surface area contributed by atoms with E-state index in [0.29, 0.717) is 27.7 Å². The minimum atomic E-state index is -0.822. The normalized spacial score (nSPS) is 11.6. The van der Waals surface area contributed by atoms with Crippen molar-refractivity contribution in [2.24, 2.45) is 0 Å². The summed E-state index contributed by atoms with van der Waals surface area (Å²) in [5.74, 6) is -1.07. The summed E-state index contributed by atoms with van der Waals surface area (Å²) in [6.45, 7) is 1.85. The van der Waals surface area contributed by atoms with Crippen LogP contribution in [0.5, 0.6) is 0 Å². The third-order valence-electron chi connectivity index (χ3n) is 5.04. The van der Waals surface area contributed by atoms with Gasteiger partial charge in [-0.15, -0.1) is 10.2 Å². The zero-order valence-electron chi connectivity index (χ0n) is 17.8. The predicted molar refractivity (Wildman–Crippen MR) is 127 cm³/mol. The maximum atomic E-state index is 13.2. The molecule has 166 valence electrons. The van der Waals surface area contributed by atoms with E-state index < -0.39 is 11.9 Å². The third-order valence-corrected chi connectivity index (χ3v) is 5.93. The summed E-state index contributed by atoms with van der Waals surface area (Å²) in [7, 11) is 0. The number of halogens is 1. The zero-order valence-corrected chi connectivity index (χ0v) is 18.6. The van der Waals surface area contributed by atoms with Crippen LogP contribution in [-0.2, 0) is 11.2 Å². The van der Waals surface area contributed by atoms with Gasteiger partial charge in [0.15, 0.2) is 0 Å². The number of nitrogens with one attached hydrogen (secondary N) is 2. The summed E-state index contributed by atoms with van der Waals surface area (Å²) in [5, 5.41) is 14.6. The van der Waals surface area contributed by atoms with Crippen molar-refractivity contribution in [2.75, 3.05) is 5.32 Å². The van der Waals surface area contributed by atoms with Crippen LogP contribution in [-0.4, -0.2) is 28.1 Å². The molecule has 1 atom stereocenters. The summed E-state index contributed by atoms with van der Waals surface area (Å²) in [5.41, 5.74) is 2.94. The standard InChI is InChI=1S/C25H21FN4O2S/c1-16-7-5-6-10-20(16)22(31)27-21(15-17-8-3-2-4-9-17)23(32)28-25-30-29-24(33-25)18-11-13-19(26)14-12-18/h2-14,21H,15H2,1H3,(H,27,31)(H,28,30,32)/t21-/m1/s1. The van der Waals surface area contributed by atoms with Gasteiger partial charge in [-0.25, -0.2) is 4.39 Å². The molecule has 0 bridgehead atoms. The molecule has 0 radical (unpaired) electrons. The summed E-state index contributed by atoms with van der Waals surface area (Å²) in [4.78, 5) is 26.0. The lowest BCUT2D eigenvalue weighted by Gasteiger charge is -2.18. The van der Waals surface area contributed by atoms with Crippen molar-refractivity contribution in [3.8, 4) is 10.6 Å². The Morgan fingerprint density at radius 3 is 2.36 bits per heavy atom. The van der Waals surface area contributed by atoms with E-state index >= 15 is 0 Å². The molecule has 0 aliphatic carbocycles. The number of aromatic nitrogens is 2. The van der Waals surface area contributed by atoms with Gasteiger partial charge < -0.3 is 5.32 Å². The van der Waals surface area contributed by atoms with Crippen molar-refractivity contribution in [3.05, 3.63) is 101 Å². The summed E-state index contributed by atoms with van der Waals surface area (Å²) in [6, 6.07) is 21.7. The van der Waals surface area contributed by atoms with E-state index in [1.54, 1.807) is 24.3 Å². The van der Waals surface area contributed by atoms with Gasteiger partial charge in [-0.1, -0.05) is 59.9 Å². The van der Waals surface area contributed by atoms with Gasteiger partial charge in [-0.3, -0.25) is 14.9 Å². The highest BCUT2D eigenvalue weighted by Gasteiger charge is 2.24. The zero-order chi connectivity index (χ0) is 23.2. The molecule has 3 aromatic carbocycles. The Hall–Kier alpha value is -3.91. The Labute approximate surface area is 194 Å². The molecule has 8 heteroatoms. The quantitative estimate of drug-likeness (QED) is 0.421. The van der Waals surface area contributed by atoms with Crippen LogP contribution in [0.25, 0.3) is 10.6 Å². The molecule has 4 rings (SSSR count). The van der Waals surface area contributed by atoms with E-state index in [0.717, 1.165) is 11.1 Å². The van der Waals surface area contributed by atoms with Gasteiger partial charge >= 0.3 is 0 Å². The van der Waals surface area contributed by atoms with Crippen molar-refractivity contribution in [1.29, 1.82) is 0 Å². The number of amides is 2. The maximum Gasteiger partial charge on any atom is 0.252 e. The minimum Gasteiger partial charge on any atom is -0.340 e. The van der Waals surface area contributed by atoms with Crippen LogP contribution < -0.4 is 10.6 Å². The molecule has 0 spiro atoms. The number of carbonyl (C=O) groups excluding carboxylic acids is 2. The number of hydrogen-bond acceptors (Lipinski definition) is 5. The SMILES string of the molecule is Cc1ccccc1C(=O)N[C@H](Cc1ccccc1)C(=O)Nc1nnc(-c2ccc(F)cc2)s1. The van der Waals surface area contributed by atoms with Crippen LogP contribution in [0.15, 0.2) is 78.9 Å². The number of aryl methyl sites for hydroxylation is 1. The Balaban J connectivity index is 1.52. The molecule has 1 heterocycles. The van der Waals surface area contributed by atoms with Crippen molar-refractivity contribution in [3.63, 3.8) is 0 Å². The molecular weight excluding hydrogens is 439 g/mol. The average molecular weight is 461 g/mol. The fourth-order valence-corrected chi connectivity index (χ4v) is 4.05. The Bertz CT molecular complexity index is 1260. The molecule has 6 nitrogen and oxygen atoms in total. The van der Waals surface area contributed by atoms with Crippen LogP contribution in [0.3, 0.4) is 0 Å². The molecule has 33 heavy (non-hydrogen) atoms. The van der Waals surface area contributed by atoms with Crippen LogP contribution in [0.2, 0.25) is 0 Å². The first-order chi connectivity index (χ1) is 16.0. The summed E-state index contributed by atoms with van der Waals surface area (Å²) in [6.07, 6.45) is 0.313. The fourth-order valence-electron chi connectivity index (χ4n) is 3.30. The number of benzene rings is 3. The molecule has 0 unspecified atom stereocenters. The van der Waals surface area contributed by atoms with E-state index in [9.17, 15) is 14.0 Å². The smallest absolute Gasteiger partial charge is 0.252 e. The highest BCUT2D eigenvalue weighted by atomic mass is 32.1. The lowest BCUT2D eigenvalue weighted by atomic mass is 10.0. The molecule has 0 aliphatic heterocycles. The highest BCUT2D eigenvalue weighted by molar-refractivity contribution is 7.18. The topological polar surface area (TPSA) is 84.0 Å². The van der Waals surface area contributed by atoms with Crippen molar-refractivity contribution >= 4 is 28.3 Å². The molecule has 0 saturated heterocycles. The molecule has 1 aromatic heterocycles. The van der Waals surface area contributed by atoms with E-state index in [4.69, 9.17) is 0 Å². The van der Waals surface area contributed by atoms with Crippen LogP contribution in [0.4, 0.5) is 9.52 Å². The summed E-state index contributed by atoms with van der Waals surface area (Å²) >= 11 is 1.17. The molecule has 2 N–H and O–H groups in total. The van der Waals surface area contributed by atoms with E-state index in [1.165, 1.54) is 23.5 Å². The van der Waals surface area contributed by atoms with Gasteiger partial charge in [0.1, 0.15) is 16.9 Å². The van der Waals surface area contributed by atoms with Gasteiger partial charge in [0.2, 0.25) is 11.0 Å². The van der Waals surface area contributed by atoms with Crippen LogP contribution in [0, 0.1) is 12.7 Å². The maximum absolute atomic E-state index is 13.2. The van der Waals surface area contributed by atoms with Crippen molar-refractivity contribution < 1.29 is 14.0 Å². The van der Waals surface area contributed by atoms with Crippen LogP contribution >= 0.6 is 11.3 Å². The Kier molecular flexibility index (Phi) is 6.85. The molecule has 0 fully saturated rings. The lowest BCUT2D eigenvalue weighted by Crippen LogP contribution is -2.45. The molecule has 0 aliphatic rings. The number of hydrogen-bond donors (Lipinski definition) is 2. The van der Waals surface area contributed by atoms with E-state index in [2.05, 4.69) is 20.8 Å². The predicted octanol–water partition coefficient (Wildman–Crippen LogP) is 4.63. The molecule has 2 amide bonds. The monoisotopic (exact) mass is 460 g/mol. The first-order valence-corrected chi connectivity index (χ1v) is 11.1. The van der Waals surface area contributed by atoms with E-state index in [1.807, 2.05) is 49.4 Å². The third kappa shape index (κ3) is 5.67.